The Kier molecular flexibility index (Phi) is 4.10. The van der Waals surface area contributed by atoms with Crippen LogP contribution in [-0.4, -0.2) is 28.2 Å². The molecule has 132 valence electrons. The highest BCUT2D eigenvalue weighted by atomic mass is 32.1. The molecule has 0 saturated carbocycles. The van der Waals surface area contributed by atoms with E-state index >= 15 is 0 Å². The molecule has 6 nitrogen and oxygen atoms in total. The van der Waals surface area contributed by atoms with Crippen molar-refractivity contribution in [2.45, 2.75) is 6.92 Å². The average molecular weight is 366 g/mol. The lowest BCUT2D eigenvalue weighted by molar-refractivity contribution is 0.477. The number of fused-ring (bicyclic) bond motifs is 3. The van der Waals surface area contributed by atoms with Crippen LogP contribution in [0.3, 0.4) is 0 Å². The van der Waals surface area contributed by atoms with Gasteiger partial charge in [-0.1, -0.05) is 0 Å². The molecular formula is C19H18N4O2S. The molecule has 0 radical (unpaired) electrons. The molecule has 0 atom stereocenters. The zero-order valence-electron chi connectivity index (χ0n) is 14.2. The summed E-state index contributed by atoms with van der Waals surface area (Å²) < 4.78 is 0.651. The highest BCUT2D eigenvalue weighted by Gasteiger charge is 2.17. The van der Waals surface area contributed by atoms with Crippen molar-refractivity contribution < 1.29 is 5.11 Å². The minimum atomic E-state index is -0.110. The third-order valence-corrected chi connectivity index (χ3v) is 5.30. The molecule has 3 heterocycles. The number of pyridine rings is 2. The number of phenols is 1. The number of phenolic OH excluding ortho intramolecular Hbond substituents is 1. The van der Waals surface area contributed by atoms with Crippen molar-refractivity contribution in [1.82, 2.24) is 9.97 Å². The number of aromatic amines is 1. The number of nitrogens with two attached hydrogens (primary N) is 1. The first kappa shape index (κ1) is 16.6. The van der Waals surface area contributed by atoms with Gasteiger partial charge in [-0.3, -0.25) is 4.79 Å². The molecule has 0 amide bonds. The van der Waals surface area contributed by atoms with Crippen molar-refractivity contribution in [3.05, 3.63) is 51.8 Å². The Bertz CT molecular complexity index is 1160. The third kappa shape index (κ3) is 2.61. The van der Waals surface area contributed by atoms with Gasteiger partial charge in [-0.05, 0) is 42.1 Å². The lowest BCUT2D eigenvalue weighted by atomic mass is 9.96. The van der Waals surface area contributed by atoms with Crippen LogP contribution in [0.4, 0.5) is 5.82 Å². The van der Waals surface area contributed by atoms with Crippen LogP contribution >= 0.6 is 11.3 Å². The number of nitrogens with one attached hydrogen (secondary N) is 2. The van der Waals surface area contributed by atoms with Crippen LogP contribution in [0.5, 0.6) is 5.75 Å². The van der Waals surface area contributed by atoms with E-state index in [4.69, 9.17) is 5.73 Å². The molecule has 1 aromatic carbocycles. The molecule has 0 bridgehead atoms. The molecule has 0 spiro atoms. The summed E-state index contributed by atoms with van der Waals surface area (Å²) in [6, 6.07) is 7.35. The van der Waals surface area contributed by atoms with Crippen LogP contribution in [0.15, 0.2) is 40.6 Å². The van der Waals surface area contributed by atoms with E-state index in [1.165, 1.54) is 11.3 Å². The van der Waals surface area contributed by atoms with Gasteiger partial charge in [-0.15, -0.1) is 11.3 Å². The fraction of sp³-hybridized carbons (Fsp3) is 0.158. The number of H-pyrrole nitrogens is 1. The molecule has 26 heavy (non-hydrogen) atoms. The molecule has 3 aromatic heterocycles. The van der Waals surface area contributed by atoms with Crippen LogP contribution < -0.4 is 16.6 Å². The van der Waals surface area contributed by atoms with Crippen molar-refractivity contribution in [2.24, 2.45) is 5.73 Å². The summed E-state index contributed by atoms with van der Waals surface area (Å²) in [6.07, 6.45) is 1.71. The number of thiophene rings is 1. The maximum Gasteiger partial charge on any atom is 0.266 e. The highest BCUT2D eigenvalue weighted by Crippen LogP contribution is 2.41. The number of rotatable bonds is 4. The maximum atomic E-state index is 12.3. The minimum absolute atomic E-state index is 0.110. The topological polar surface area (TPSA) is 104 Å². The number of aromatic nitrogens is 2. The molecule has 7 heteroatoms. The Morgan fingerprint density at radius 2 is 2.19 bits per heavy atom. The van der Waals surface area contributed by atoms with E-state index in [-0.39, 0.29) is 11.3 Å². The Morgan fingerprint density at radius 1 is 1.35 bits per heavy atom. The first-order chi connectivity index (χ1) is 12.6. The SMILES string of the molecule is Cc1cc(O)c(-c2ccc(NCCN)nc2)c2c1[nH]c(=O)c1sccc12. The number of nitrogens with zero attached hydrogens (tertiary/aromatic N) is 1. The van der Waals surface area contributed by atoms with Gasteiger partial charge in [0.2, 0.25) is 0 Å². The molecular weight excluding hydrogens is 348 g/mol. The van der Waals surface area contributed by atoms with Crippen molar-refractivity contribution in [3.8, 4) is 16.9 Å². The summed E-state index contributed by atoms with van der Waals surface area (Å²) in [5.41, 5.74) is 8.40. The van der Waals surface area contributed by atoms with Gasteiger partial charge < -0.3 is 21.1 Å². The van der Waals surface area contributed by atoms with Crippen LogP contribution in [0.25, 0.3) is 32.1 Å². The molecule has 0 unspecified atom stereocenters. The molecule has 4 rings (SSSR count). The fourth-order valence-corrected chi connectivity index (χ4v) is 4.02. The largest absolute Gasteiger partial charge is 0.507 e. The van der Waals surface area contributed by atoms with E-state index in [0.717, 1.165) is 33.2 Å². The zero-order chi connectivity index (χ0) is 18.3. The molecule has 5 N–H and O–H groups in total. The smallest absolute Gasteiger partial charge is 0.266 e. The van der Waals surface area contributed by atoms with Gasteiger partial charge >= 0.3 is 0 Å². The molecule has 0 fully saturated rings. The maximum absolute atomic E-state index is 12.3. The molecule has 0 aliphatic heterocycles. The second-order valence-corrected chi connectivity index (χ2v) is 7.02. The van der Waals surface area contributed by atoms with Crippen molar-refractivity contribution in [3.63, 3.8) is 0 Å². The van der Waals surface area contributed by atoms with Gasteiger partial charge in [0.05, 0.1) is 5.52 Å². The molecule has 0 saturated heterocycles. The van der Waals surface area contributed by atoms with Crippen LogP contribution in [0, 0.1) is 6.92 Å². The Morgan fingerprint density at radius 3 is 2.92 bits per heavy atom. The number of aromatic hydroxyl groups is 1. The van der Waals surface area contributed by atoms with Gasteiger partial charge in [0.1, 0.15) is 16.3 Å². The number of aryl methyl sites for hydroxylation is 1. The number of anilines is 1. The summed E-state index contributed by atoms with van der Waals surface area (Å²) in [7, 11) is 0. The fourth-order valence-electron chi connectivity index (χ4n) is 3.22. The van der Waals surface area contributed by atoms with Crippen LogP contribution in [0.2, 0.25) is 0 Å². The Balaban J connectivity index is 2.00. The number of hydrogen-bond acceptors (Lipinski definition) is 6. The third-order valence-electron chi connectivity index (χ3n) is 4.39. The number of hydrogen-bond donors (Lipinski definition) is 4. The van der Waals surface area contributed by atoms with E-state index < -0.39 is 0 Å². The molecule has 0 aliphatic rings. The predicted molar refractivity (Wildman–Crippen MR) is 107 cm³/mol. The Hall–Kier alpha value is -2.90. The van der Waals surface area contributed by atoms with Crippen LogP contribution in [-0.2, 0) is 0 Å². The summed E-state index contributed by atoms with van der Waals surface area (Å²) in [5, 5.41) is 17.4. The summed E-state index contributed by atoms with van der Waals surface area (Å²) in [6.45, 7) is 3.04. The normalized spacial score (nSPS) is 11.3. The van der Waals surface area contributed by atoms with Gasteiger partial charge in [0.15, 0.2) is 0 Å². The molecule has 4 aromatic rings. The quantitative estimate of drug-likeness (QED) is 0.444. The van der Waals surface area contributed by atoms with E-state index in [2.05, 4.69) is 15.3 Å². The van der Waals surface area contributed by atoms with Gasteiger partial charge in [-0.2, -0.15) is 0 Å². The monoisotopic (exact) mass is 366 g/mol. The first-order valence-corrected chi connectivity index (χ1v) is 9.14. The van der Waals surface area contributed by atoms with E-state index in [1.807, 2.05) is 30.5 Å². The van der Waals surface area contributed by atoms with Crippen molar-refractivity contribution >= 4 is 38.1 Å². The Labute approximate surface area is 153 Å². The van der Waals surface area contributed by atoms with E-state index in [9.17, 15) is 9.90 Å². The summed E-state index contributed by atoms with van der Waals surface area (Å²) in [5.74, 6) is 0.892. The van der Waals surface area contributed by atoms with Crippen LogP contribution in [0.1, 0.15) is 5.56 Å². The van der Waals surface area contributed by atoms with Gasteiger partial charge in [0, 0.05) is 41.2 Å². The lowest BCUT2D eigenvalue weighted by Crippen LogP contribution is -2.13. The standard InChI is InChI=1S/C19H18N4O2S/c1-10-8-13(24)15(11-2-3-14(22-9-11)21-6-5-20)16-12-4-7-26-18(12)19(25)23-17(10)16/h2-4,7-9,24H,5-6,20H2,1H3,(H,21,22)(H,23,25). The highest BCUT2D eigenvalue weighted by molar-refractivity contribution is 7.17. The van der Waals surface area contributed by atoms with Crippen molar-refractivity contribution in [2.75, 3.05) is 18.4 Å². The molecule has 0 aliphatic carbocycles. The predicted octanol–water partition coefficient (Wildman–Crippen LogP) is 3.19. The minimum Gasteiger partial charge on any atom is -0.507 e. The summed E-state index contributed by atoms with van der Waals surface area (Å²) in [4.78, 5) is 19.7. The number of benzene rings is 1. The summed E-state index contributed by atoms with van der Waals surface area (Å²) >= 11 is 1.39. The van der Waals surface area contributed by atoms with Gasteiger partial charge in [-0.25, -0.2) is 4.98 Å². The van der Waals surface area contributed by atoms with Crippen molar-refractivity contribution in [1.29, 1.82) is 0 Å². The first-order valence-electron chi connectivity index (χ1n) is 8.26. The lowest BCUT2D eigenvalue weighted by Gasteiger charge is -2.13. The average Bonchev–Trinajstić information content (AvgIpc) is 3.12. The zero-order valence-corrected chi connectivity index (χ0v) is 15.0. The van der Waals surface area contributed by atoms with Gasteiger partial charge in [0.25, 0.3) is 5.56 Å². The van der Waals surface area contributed by atoms with E-state index in [1.54, 1.807) is 12.3 Å². The second kappa shape index (κ2) is 6.44. The second-order valence-electron chi connectivity index (χ2n) is 6.10. The van der Waals surface area contributed by atoms with E-state index in [0.29, 0.717) is 23.4 Å².